The Bertz CT molecular complexity index is 1160. The summed E-state index contributed by atoms with van der Waals surface area (Å²) in [6.07, 6.45) is 1.10. The number of sulfonamides is 1. The maximum atomic E-state index is 13.4. The SMILES string of the molecule is CCOc1ccc(N(C(C)C(=O)NC(c2ccccc2)c2ccc(C)cc2)S(C)(=O)=O)cc1. The second kappa shape index (κ2) is 10.5. The van der Waals surface area contributed by atoms with Crippen molar-refractivity contribution in [1.29, 1.82) is 0 Å². The first-order chi connectivity index (χ1) is 15.7. The van der Waals surface area contributed by atoms with Crippen LogP contribution in [0, 0.1) is 6.92 Å². The van der Waals surface area contributed by atoms with Crippen LogP contribution in [-0.4, -0.2) is 33.2 Å². The molecule has 1 amide bonds. The molecular formula is C26H30N2O4S. The van der Waals surface area contributed by atoms with E-state index < -0.39 is 28.0 Å². The summed E-state index contributed by atoms with van der Waals surface area (Å²) < 4.78 is 31.9. The number of benzene rings is 3. The van der Waals surface area contributed by atoms with Crippen LogP contribution < -0.4 is 14.4 Å². The molecule has 0 aliphatic rings. The first kappa shape index (κ1) is 24.3. The van der Waals surface area contributed by atoms with E-state index >= 15 is 0 Å². The summed E-state index contributed by atoms with van der Waals surface area (Å²) in [6, 6.07) is 22.8. The molecule has 0 saturated heterocycles. The molecule has 3 aromatic carbocycles. The van der Waals surface area contributed by atoms with Gasteiger partial charge in [-0.25, -0.2) is 8.42 Å². The third-order valence-electron chi connectivity index (χ3n) is 5.32. The first-order valence-electron chi connectivity index (χ1n) is 10.8. The van der Waals surface area contributed by atoms with Crippen molar-refractivity contribution in [2.24, 2.45) is 0 Å². The van der Waals surface area contributed by atoms with Crippen molar-refractivity contribution < 1.29 is 17.9 Å². The summed E-state index contributed by atoms with van der Waals surface area (Å²) in [6.45, 7) is 5.97. The van der Waals surface area contributed by atoms with Crippen LogP contribution in [0.3, 0.4) is 0 Å². The van der Waals surface area contributed by atoms with Crippen molar-refractivity contribution in [1.82, 2.24) is 5.32 Å². The molecule has 7 heteroatoms. The van der Waals surface area contributed by atoms with Crippen LogP contribution in [0.25, 0.3) is 0 Å². The Kier molecular flexibility index (Phi) is 7.76. The third-order valence-corrected chi connectivity index (χ3v) is 6.56. The van der Waals surface area contributed by atoms with Crippen LogP contribution in [0.15, 0.2) is 78.9 Å². The zero-order chi connectivity index (χ0) is 24.0. The number of nitrogens with one attached hydrogen (secondary N) is 1. The van der Waals surface area contributed by atoms with Gasteiger partial charge in [-0.15, -0.1) is 0 Å². The van der Waals surface area contributed by atoms with Crippen molar-refractivity contribution in [2.45, 2.75) is 32.9 Å². The number of hydrogen-bond acceptors (Lipinski definition) is 4. The number of nitrogens with zero attached hydrogens (tertiary/aromatic N) is 1. The van der Waals surface area contributed by atoms with Crippen LogP contribution in [0.2, 0.25) is 0 Å². The molecule has 0 aromatic heterocycles. The van der Waals surface area contributed by atoms with Gasteiger partial charge in [0.25, 0.3) is 0 Å². The van der Waals surface area contributed by atoms with E-state index in [1.54, 1.807) is 31.2 Å². The molecule has 0 fully saturated rings. The molecular weight excluding hydrogens is 436 g/mol. The van der Waals surface area contributed by atoms with Gasteiger partial charge in [0, 0.05) is 0 Å². The molecule has 0 spiro atoms. The summed E-state index contributed by atoms with van der Waals surface area (Å²) >= 11 is 0. The minimum atomic E-state index is -3.73. The zero-order valence-corrected chi connectivity index (χ0v) is 20.2. The fraction of sp³-hybridized carbons (Fsp3) is 0.269. The summed E-state index contributed by atoms with van der Waals surface area (Å²) in [4.78, 5) is 13.4. The molecule has 2 atom stereocenters. The van der Waals surface area contributed by atoms with Crippen molar-refractivity contribution >= 4 is 21.6 Å². The number of aryl methyl sites for hydroxylation is 1. The standard InChI is InChI=1S/C26H30N2O4S/c1-5-32-24-17-15-23(16-18-24)28(33(4,30)31)20(3)26(29)27-25(21-9-7-6-8-10-21)22-13-11-19(2)12-14-22/h6-18,20,25H,5H2,1-4H3,(H,27,29). The van der Waals surface area contributed by atoms with E-state index in [-0.39, 0.29) is 0 Å². The predicted octanol–water partition coefficient (Wildman–Crippen LogP) is 4.45. The molecule has 2 unspecified atom stereocenters. The Morgan fingerprint density at radius 3 is 2.06 bits per heavy atom. The second-order valence-electron chi connectivity index (χ2n) is 7.92. The van der Waals surface area contributed by atoms with Crippen LogP contribution in [0.1, 0.15) is 36.6 Å². The number of hydrogen-bond donors (Lipinski definition) is 1. The molecule has 6 nitrogen and oxygen atoms in total. The Morgan fingerprint density at radius 1 is 0.939 bits per heavy atom. The number of carbonyl (C=O) groups is 1. The molecule has 1 N–H and O–H groups in total. The average molecular weight is 467 g/mol. The molecule has 0 aliphatic heterocycles. The number of ether oxygens (including phenoxy) is 1. The zero-order valence-electron chi connectivity index (χ0n) is 19.4. The molecule has 3 aromatic rings. The van der Waals surface area contributed by atoms with E-state index in [9.17, 15) is 13.2 Å². The minimum Gasteiger partial charge on any atom is -0.494 e. The minimum absolute atomic E-state index is 0.398. The molecule has 0 radical (unpaired) electrons. The molecule has 174 valence electrons. The first-order valence-corrected chi connectivity index (χ1v) is 12.7. The maximum Gasteiger partial charge on any atom is 0.244 e. The van der Waals surface area contributed by atoms with Crippen LogP contribution in [-0.2, 0) is 14.8 Å². The second-order valence-corrected chi connectivity index (χ2v) is 9.78. The Morgan fingerprint density at radius 2 is 1.52 bits per heavy atom. The lowest BCUT2D eigenvalue weighted by Crippen LogP contribution is -2.48. The lowest BCUT2D eigenvalue weighted by atomic mass is 9.97. The van der Waals surface area contributed by atoms with E-state index in [2.05, 4.69) is 5.32 Å². The number of amides is 1. The highest BCUT2D eigenvalue weighted by Gasteiger charge is 2.31. The average Bonchev–Trinajstić information content (AvgIpc) is 2.79. The van der Waals surface area contributed by atoms with Gasteiger partial charge < -0.3 is 10.1 Å². The summed E-state index contributed by atoms with van der Waals surface area (Å²) in [5.74, 6) is 0.235. The van der Waals surface area contributed by atoms with Gasteiger partial charge in [0.05, 0.1) is 24.6 Å². The molecule has 33 heavy (non-hydrogen) atoms. The lowest BCUT2D eigenvalue weighted by molar-refractivity contribution is -0.122. The fourth-order valence-electron chi connectivity index (χ4n) is 3.69. The van der Waals surface area contributed by atoms with Gasteiger partial charge in [-0.3, -0.25) is 9.10 Å². The van der Waals surface area contributed by atoms with Gasteiger partial charge in [0.1, 0.15) is 11.8 Å². The van der Waals surface area contributed by atoms with Gasteiger partial charge in [-0.05, 0) is 56.2 Å². The summed E-state index contributed by atoms with van der Waals surface area (Å²) in [7, 11) is -3.73. The van der Waals surface area contributed by atoms with Gasteiger partial charge in [0.2, 0.25) is 15.9 Å². The van der Waals surface area contributed by atoms with Crippen molar-refractivity contribution in [2.75, 3.05) is 17.2 Å². The van der Waals surface area contributed by atoms with E-state index in [0.29, 0.717) is 18.0 Å². The van der Waals surface area contributed by atoms with Crippen molar-refractivity contribution in [3.05, 3.63) is 95.6 Å². The molecule has 3 rings (SSSR count). The molecule has 0 aliphatic carbocycles. The monoisotopic (exact) mass is 466 g/mol. The van der Waals surface area contributed by atoms with E-state index in [0.717, 1.165) is 27.3 Å². The third kappa shape index (κ3) is 6.14. The fourth-order valence-corrected chi connectivity index (χ4v) is 4.87. The number of anilines is 1. The highest BCUT2D eigenvalue weighted by molar-refractivity contribution is 7.92. The van der Waals surface area contributed by atoms with Gasteiger partial charge in [-0.1, -0.05) is 60.2 Å². The number of rotatable bonds is 9. The van der Waals surface area contributed by atoms with Crippen LogP contribution in [0.5, 0.6) is 5.75 Å². The van der Waals surface area contributed by atoms with E-state index in [4.69, 9.17) is 4.74 Å². The summed E-state index contributed by atoms with van der Waals surface area (Å²) in [5, 5.41) is 3.05. The van der Waals surface area contributed by atoms with Crippen LogP contribution >= 0.6 is 0 Å². The largest absolute Gasteiger partial charge is 0.494 e. The quantitative estimate of drug-likeness (QED) is 0.505. The summed E-state index contributed by atoms with van der Waals surface area (Å²) in [5.41, 5.74) is 3.34. The molecule has 0 bridgehead atoms. The topological polar surface area (TPSA) is 75.7 Å². The van der Waals surface area contributed by atoms with Crippen molar-refractivity contribution in [3.8, 4) is 5.75 Å². The Labute approximate surface area is 196 Å². The Hall–Kier alpha value is -3.32. The number of carbonyl (C=O) groups excluding carboxylic acids is 1. The van der Waals surface area contributed by atoms with E-state index in [1.807, 2.05) is 68.4 Å². The van der Waals surface area contributed by atoms with E-state index in [1.165, 1.54) is 0 Å². The Balaban J connectivity index is 1.91. The normalized spacial score (nSPS) is 13.1. The predicted molar refractivity (Wildman–Crippen MR) is 132 cm³/mol. The lowest BCUT2D eigenvalue weighted by Gasteiger charge is -2.30. The highest BCUT2D eigenvalue weighted by atomic mass is 32.2. The highest BCUT2D eigenvalue weighted by Crippen LogP contribution is 2.26. The van der Waals surface area contributed by atoms with Gasteiger partial charge >= 0.3 is 0 Å². The molecule has 0 heterocycles. The van der Waals surface area contributed by atoms with Gasteiger partial charge in [0.15, 0.2) is 0 Å². The molecule has 0 saturated carbocycles. The van der Waals surface area contributed by atoms with Crippen LogP contribution in [0.4, 0.5) is 5.69 Å². The maximum absolute atomic E-state index is 13.4. The van der Waals surface area contributed by atoms with Crippen molar-refractivity contribution in [3.63, 3.8) is 0 Å². The smallest absolute Gasteiger partial charge is 0.244 e. The van der Waals surface area contributed by atoms with Gasteiger partial charge in [-0.2, -0.15) is 0 Å².